The molecule has 0 N–H and O–H groups in total. The molecule has 0 atom stereocenters. The SMILES string of the molecule is COC(=O)C(C)=CCN(C)c1ccccc1. The van der Waals surface area contributed by atoms with Crippen LogP contribution in [0.4, 0.5) is 5.69 Å². The molecule has 0 bridgehead atoms. The van der Waals surface area contributed by atoms with Crippen molar-refractivity contribution in [3.8, 4) is 0 Å². The van der Waals surface area contributed by atoms with E-state index in [1.165, 1.54) is 7.11 Å². The van der Waals surface area contributed by atoms with E-state index in [1.807, 2.05) is 43.5 Å². The van der Waals surface area contributed by atoms with Crippen LogP contribution in [0, 0.1) is 0 Å². The van der Waals surface area contributed by atoms with Crippen LogP contribution in [0.25, 0.3) is 0 Å². The van der Waals surface area contributed by atoms with E-state index >= 15 is 0 Å². The van der Waals surface area contributed by atoms with E-state index in [-0.39, 0.29) is 5.97 Å². The number of carbonyl (C=O) groups excluding carboxylic acids is 1. The van der Waals surface area contributed by atoms with Crippen molar-refractivity contribution in [1.29, 1.82) is 0 Å². The lowest BCUT2D eigenvalue weighted by Crippen LogP contribution is -2.17. The molecule has 1 aromatic rings. The number of hydrogen-bond acceptors (Lipinski definition) is 3. The monoisotopic (exact) mass is 219 g/mol. The van der Waals surface area contributed by atoms with Gasteiger partial charge in [-0.3, -0.25) is 0 Å². The standard InChI is InChI=1S/C13H17NO2/c1-11(13(15)16-3)9-10-14(2)12-7-5-4-6-8-12/h4-9H,10H2,1-3H3. The van der Waals surface area contributed by atoms with Gasteiger partial charge in [0.2, 0.25) is 0 Å². The predicted octanol–water partition coefficient (Wildman–Crippen LogP) is 2.24. The first kappa shape index (κ1) is 12.3. The zero-order valence-corrected chi connectivity index (χ0v) is 9.93. The summed E-state index contributed by atoms with van der Waals surface area (Å²) in [6, 6.07) is 10.0. The number of anilines is 1. The molecule has 0 radical (unpaired) electrons. The van der Waals surface area contributed by atoms with Gasteiger partial charge >= 0.3 is 5.97 Å². The maximum absolute atomic E-state index is 11.2. The number of esters is 1. The van der Waals surface area contributed by atoms with E-state index in [1.54, 1.807) is 6.92 Å². The first-order valence-electron chi connectivity index (χ1n) is 5.16. The molecule has 1 aromatic carbocycles. The Morgan fingerprint density at radius 1 is 1.38 bits per heavy atom. The second-order valence-electron chi connectivity index (χ2n) is 3.59. The normalized spacial score (nSPS) is 11.1. The van der Waals surface area contributed by atoms with Gasteiger partial charge in [0.15, 0.2) is 0 Å². The number of methoxy groups -OCH3 is 1. The molecule has 1 rings (SSSR count). The fraction of sp³-hybridized carbons (Fsp3) is 0.308. The van der Waals surface area contributed by atoms with Crippen molar-refractivity contribution in [3.63, 3.8) is 0 Å². The molecule has 0 unspecified atom stereocenters. The van der Waals surface area contributed by atoms with Crippen molar-refractivity contribution < 1.29 is 9.53 Å². The van der Waals surface area contributed by atoms with Gasteiger partial charge in [0.1, 0.15) is 0 Å². The number of rotatable bonds is 4. The number of para-hydroxylation sites is 1. The molecule has 3 nitrogen and oxygen atoms in total. The number of nitrogens with zero attached hydrogens (tertiary/aromatic N) is 1. The van der Waals surface area contributed by atoms with Crippen LogP contribution in [0.15, 0.2) is 42.0 Å². The zero-order chi connectivity index (χ0) is 12.0. The molecular weight excluding hydrogens is 202 g/mol. The van der Waals surface area contributed by atoms with Crippen molar-refractivity contribution in [2.75, 3.05) is 25.6 Å². The van der Waals surface area contributed by atoms with Crippen LogP contribution in [0.3, 0.4) is 0 Å². The molecule has 0 aliphatic rings. The third-order valence-corrected chi connectivity index (χ3v) is 2.38. The minimum atomic E-state index is -0.276. The quantitative estimate of drug-likeness (QED) is 0.574. The first-order valence-corrected chi connectivity index (χ1v) is 5.16. The van der Waals surface area contributed by atoms with Crippen LogP contribution < -0.4 is 4.90 Å². The van der Waals surface area contributed by atoms with E-state index in [2.05, 4.69) is 9.64 Å². The maximum atomic E-state index is 11.2. The van der Waals surface area contributed by atoms with E-state index < -0.39 is 0 Å². The molecule has 0 heterocycles. The topological polar surface area (TPSA) is 29.5 Å². The summed E-state index contributed by atoms with van der Waals surface area (Å²) in [6.45, 7) is 2.44. The number of ether oxygens (including phenoxy) is 1. The van der Waals surface area contributed by atoms with Gasteiger partial charge in [-0.15, -0.1) is 0 Å². The van der Waals surface area contributed by atoms with Gasteiger partial charge < -0.3 is 9.64 Å². The van der Waals surface area contributed by atoms with Crippen LogP contribution in [-0.2, 0) is 9.53 Å². The van der Waals surface area contributed by atoms with Crippen LogP contribution in [0.2, 0.25) is 0 Å². The summed E-state index contributed by atoms with van der Waals surface area (Å²) in [7, 11) is 3.37. The average molecular weight is 219 g/mol. The summed E-state index contributed by atoms with van der Waals surface area (Å²) in [4.78, 5) is 13.2. The molecular formula is C13H17NO2. The summed E-state index contributed by atoms with van der Waals surface area (Å²) in [5.41, 5.74) is 1.75. The third kappa shape index (κ3) is 3.42. The maximum Gasteiger partial charge on any atom is 0.333 e. The first-order chi connectivity index (χ1) is 7.65. The average Bonchev–Trinajstić information content (AvgIpc) is 2.35. The lowest BCUT2D eigenvalue weighted by molar-refractivity contribution is -0.136. The fourth-order valence-corrected chi connectivity index (χ4v) is 1.31. The molecule has 16 heavy (non-hydrogen) atoms. The van der Waals surface area contributed by atoms with E-state index in [0.29, 0.717) is 12.1 Å². The minimum Gasteiger partial charge on any atom is -0.466 e. The van der Waals surface area contributed by atoms with E-state index in [9.17, 15) is 4.79 Å². The second-order valence-corrected chi connectivity index (χ2v) is 3.59. The van der Waals surface area contributed by atoms with Crippen molar-refractivity contribution in [1.82, 2.24) is 0 Å². The molecule has 0 amide bonds. The van der Waals surface area contributed by atoms with Gasteiger partial charge in [0.25, 0.3) is 0 Å². The molecule has 0 saturated heterocycles. The fourth-order valence-electron chi connectivity index (χ4n) is 1.31. The molecule has 0 aromatic heterocycles. The number of likely N-dealkylation sites (N-methyl/N-ethyl adjacent to an activating group) is 1. The molecule has 3 heteroatoms. The Morgan fingerprint density at radius 3 is 2.56 bits per heavy atom. The summed E-state index contributed by atoms with van der Waals surface area (Å²) in [6.07, 6.45) is 1.86. The Balaban J connectivity index is 2.59. The lowest BCUT2D eigenvalue weighted by atomic mass is 10.2. The van der Waals surface area contributed by atoms with Gasteiger partial charge in [-0.25, -0.2) is 4.79 Å². The summed E-state index contributed by atoms with van der Waals surface area (Å²) in [5, 5.41) is 0. The van der Waals surface area contributed by atoms with Crippen molar-refractivity contribution in [2.24, 2.45) is 0 Å². The Hall–Kier alpha value is -1.77. The lowest BCUT2D eigenvalue weighted by Gasteiger charge is -2.17. The number of carbonyl (C=O) groups is 1. The van der Waals surface area contributed by atoms with Crippen LogP contribution >= 0.6 is 0 Å². The van der Waals surface area contributed by atoms with Gasteiger partial charge in [0, 0.05) is 24.9 Å². The van der Waals surface area contributed by atoms with Crippen LogP contribution in [0.5, 0.6) is 0 Å². The Bertz CT molecular complexity index is 371. The second kappa shape index (κ2) is 5.95. The highest BCUT2D eigenvalue weighted by molar-refractivity contribution is 5.87. The smallest absolute Gasteiger partial charge is 0.333 e. The van der Waals surface area contributed by atoms with Crippen LogP contribution in [0.1, 0.15) is 6.92 Å². The van der Waals surface area contributed by atoms with E-state index in [4.69, 9.17) is 0 Å². The molecule has 86 valence electrons. The Morgan fingerprint density at radius 2 is 2.00 bits per heavy atom. The summed E-state index contributed by atoms with van der Waals surface area (Å²) in [5.74, 6) is -0.276. The highest BCUT2D eigenvalue weighted by Gasteiger charge is 2.03. The Labute approximate surface area is 96.3 Å². The Kier molecular flexibility index (Phi) is 4.58. The molecule has 0 saturated carbocycles. The molecule has 0 fully saturated rings. The highest BCUT2D eigenvalue weighted by atomic mass is 16.5. The minimum absolute atomic E-state index is 0.276. The number of benzene rings is 1. The van der Waals surface area contributed by atoms with Gasteiger partial charge in [0.05, 0.1) is 7.11 Å². The molecule has 0 aliphatic heterocycles. The zero-order valence-electron chi connectivity index (χ0n) is 9.93. The van der Waals surface area contributed by atoms with Gasteiger partial charge in [-0.2, -0.15) is 0 Å². The van der Waals surface area contributed by atoms with Crippen molar-refractivity contribution in [2.45, 2.75) is 6.92 Å². The van der Waals surface area contributed by atoms with Crippen molar-refractivity contribution >= 4 is 11.7 Å². The summed E-state index contributed by atoms with van der Waals surface area (Å²) < 4.78 is 4.62. The largest absolute Gasteiger partial charge is 0.466 e. The number of hydrogen-bond donors (Lipinski definition) is 0. The van der Waals surface area contributed by atoms with Gasteiger partial charge in [-0.1, -0.05) is 24.3 Å². The molecule has 0 spiro atoms. The van der Waals surface area contributed by atoms with Gasteiger partial charge in [-0.05, 0) is 19.1 Å². The van der Waals surface area contributed by atoms with Crippen LogP contribution in [-0.4, -0.2) is 26.7 Å². The molecule has 0 aliphatic carbocycles. The summed E-state index contributed by atoms with van der Waals surface area (Å²) >= 11 is 0. The van der Waals surface area contributed by atoms with Crippen molar-refractivity contribution in [3.05, 3.63) is 42.0 Å². The third-order valence-electron chi connectivity index (χ3n) is 2.38. The highest BCUT2D eigenvalue weighted by Crippen LogP contribution is 2.10. The predicted molar refractivity (Wildman–Crippen MR) is 65.5 cm³/mol. The van der Waals surface area contributed by atoms with E-state index in [0.717, 1.165) is 5.69 Å².